The molecule has 108 heavy (non-hydrogen) atoms. The Labute approximate surface area is 664 Å². The number of rotatable bonds is 86. The summed E-state index contributed by atoms with van der Waals surface area (Å²) in [5.41, 5.74) is 0. The molecule has 0 aromatic carbocycles. The number of phosphoric ester groups is 2. The van der Waals surface area contributed by atoms with Gasteiger partial charge in [-0.2, -0.15) is 0 Å². The van der Waals surface area contributed by atoms with Gasteiger partial charge >= 0.3 is 39.5 Å². The number of aliphatic hydroxyl groups excluding tert-OH is 1. The first-order chi connectivity index (χ1) is 52.2. The van der Waals surface area contributed by atoms with Crippen LogP contribution in [0.1, 0.15) is 466 Å². The van der Waals surface area contributed by atoms with Crippen LogP contribution in [-0.2, 0) is 65.4 Å². The zero-order chi connectivity index (χ0) is 79.5. The van der Waals surface area contributed by atoms with Crippen molar-refractivity contribution in [3.63, 3.8) is 0 Å². The lowest BCUT2D eigenvalue weighted by Gasteiger charge is -2.21. The fourth-order valence-electron chi connectivity index (χ4n) is 13.8. The number of aliphatic hydroxyl groups is 1. The summed E-state index contributed by atoms with van der Waals surface area (Å²) < 4.78 is 69.0. The van der Waals surface area contributed by atoms with Gasteiger partial charge in [-0.15, -0.1) is 0 Å². The van der Waals surface area contributed by atoms with Crippen LogP contribution in [0, 0.1) is 23.7 Å². The fraction of sp³-hybridized carbons (Fsp3) is 0.955. The van der Waals surface area contributed by atoms with E-state index in [-0.39, 0.29) is 25.7 Å². The van der Waals surface area contributed by atoms with Crippen molar-refractivity contribution in [2.45, 2.75) is 485 Å². The van der Waals surface area contributed by atoms with Crippen molar-refractivity contribution < 1.29 is 80.2 Å². The molecule has 0 aromatic heterocycles. The molecule has 0 aliphatic heterocycles. The number of esters is 4. The molecule has 0 aliphatic rings. The SMILES string of the molecule is CCC(C)CCCCCCCCCCCCCCCCCCCCC(=O)O[C@H](COC(=O)CCCCCCCCCCCCCCCCC(C)CC)COP(=O)(O)OCC(O)COP(=O)(O)OC[C@@H](COC(=O)CCCCCCCCCC(C)C)OC(=O)CCCCCCCCCCCCCCCCC(C)CC. The van der Waals surface area contributed by atoms with Crippen LogP contribution in [0.15, 0.2) is 0 Å². The Balaban J connectivity index is 5.23. The Kier molecular flexibility index (Phi) is 76.2. The zero-order valence-corrected chi connectivity index (χ0v) is 73.3. The minimum absolute atomic E-state index is 0.107. The van der Waals surface area contributed by atoms with Gasteiger partial charge in [0.2, 0.25) is 0 Å². The third-order valence-corrected chi connectivity index (χ3v) is 23.8. The molecule has 0 saturated carbocycles. The fourth-order valence-corrected chi connectivity index (χ4v) is 15.3. The second-order valence-corrected chi connectivity index (χ2v) is 36.1. The summed E-state index contributed by atoms with van der Waals surface area (Å²) >= 11 is 0. The summed E-state index contributed by atoms with van der Waals surface area (Å²) in [5, 5.41) is 10.7. The second-order valence-electron chi connectivity index (χ2n) is 33.2. The highest BCUT2D eigenvalue weighted by atomic mass is 31.2. The van der Waals surface area contributed by atoms with E-state index in [1.807, 2.05) is 0 Å². The van der Waals surface area contributed by atoms with Gasteiger partial charge in [0, 0.05) is 25.7 Å². The van der Waals surface area contributed by atoms with Gasteiger partial charge in [-0.3, -0.25) is 37.3 Å². The van der Waals surface area contributed by atoms with E-state index in [4.69, 9.17) is 37.0 Å². The van der Waals surface area contributed by atoms with E-state index in [2.05, 4.69) is 55.4 Å². The molecule has 0 bridgehead atoms. The van der Waals surface area contributed by atoms with E-state index in [1.54, 1.807) is 0 Å². The molecular weight excluding hydrogens is 1400 g/mol. The first kappa shape index (κ1) is 106. The molecule has 8 atom stereocenters. The van der Waals surface area contributed by atoms with Crippen molar-refractivity contribution in [3.8, 4) is 0 Å². The maximum Gasteiger partial charge on any atom is 0.472 e. The zero-order valence-electron chi connectivity index (χ0n) is 71.5. The third-order valence-electron chi connectivity index (χ3n) is 21.9. The molecule has 0 heterocycles. The Morgan fingerprint density at radius 1 is 0.259 bits per heavy atom. The van der Waals surface area contributed by atoms with E-state index in [0.717, 1.165) is 114 Å². The number of carbonyl (C=O) groups is 4. The lowest BCUT2D eigenvalue weighted by Crippen LogP contribution is -2.30. The van der Waals surface area contributed by atoms with Crippen molar-refractivity contribution in [2.75, 3.05) is 39.6 Å². The maximum atomic E-state index is 13.2. The lowest BCUT2D eigenvalue weighted by molar-refractivity contribution is -0.161. The van der Waals surface area contributed by atoms with Crippen molar-refractivity contribution >= 4 is 39.5 Å². The van der Waals surface area contributed by atoms with Crippen LogP contribution in [0.2, 0.25) is 0 Å². The van der Waals surface area contributed by atoms with Crippen LogP contribution in [0.5, 0.6) is 0 Å². The molecule has 6 unspecified atom stereocenters. The molecule has 0 aliphatic carbocycles. The van der Waals surface area contributed by atoms with E-state index < -0.39 is 97.5 Å². The number of unbranched alkanes of at least 4 members (excludes halogenated alkanes) is 49. The molecule has 17 nitrogen and oxygen atoms in total. The summed E-state index contributed by atoms with van der Waals surface area (Å²) in [6.45, 7) is 14.4. The summed E-state index contributed by atoms with van der Waals surface area (Å²) in [6.07, 6.45) is 68.0. The summed E-state index contributed by atoms with van der Waals surface area (Å²) in [4.78, 5) is 73.3. The molecular formula is C89H174O17P2. The predicted molar refractivity (Wildman–Crippen MR) is 446 cm³/mol. The largest absolute Gasteiger partial charge is 0.472 e. The quantitative estimate of drug-likeness (QED) is 0.0222. The van der Waals surface area contributed by atoms with Gasteiger partial charge in [0.25, 0.3) is 0 Å². The summed E-state index contributed by atoms with van der Waals surface area (Å²) in [7, 11) is -9.93. The Morgan fingerprint density at radius 3 is 0.657 bits per heavy atom. The third kappa shape index (κ3) is 78.0. The monoisotopic (exact) mass is 1580 g/mol. The molecule has 0 radical (unpaired) electrons. The molecule has 0 rings (SSSR count). The minimum Gasteiger partial charge on any atom is -0.462 e. The molecule has 0 saturated heterocycles. The van der Waals surface area contributed by atoms with E-state index in [0.29, 0.717) is 31.6 Å². The minimum atomic E-state index is -4.97. The van der Waals surface area contributed by atoms with Gasteiger partial charge in [0.05, 0.1) is 26.4 Å². The lowest BCUT2D eigenvalue weighted by atomic mass is 9.99. The average molecular weight is 1580 g/mol. The first-order valence-electron chi connectivity index (χ1n) is 45.8. The summed E-state index contributed by atoms with van der Waals surface area (Å²) in [5.74, 6) is 1.17. The molecule has 0 fully saturated rings. The molecule has 0 spiro atoms. The summed E-state index contributed by atoms with van der Waals surface area (Å²) in [6, 6.07) is 0. The van der Waals surface area contributed by atoms with Gasteiger partial charge in [0.1, 0.15) is 19.3 Å². The average Bonchev–Trinajstić information content (AvgIpc) is 0.903. The van der Waals surface area contributed by atoms with E-state index in [1.165, 1.54) is 263 Å². The highest BCUT2D eigenvalue weighted by molar-refractivity contribution is 7.47. The smallest absolute Gasteiger partial charge is 0.462 e. The van der Waals surface area contributed by atoms with Crippen LogP contribution in [-0.4, -0.2) is 96.7 Å². The van der Waals surface area contributed by atoms with E-state index in [9.17, 15) is 43.2 Å². The normalized spacial score (nSPS) is 14.6. The van der Waals surface area contributed by atoms with Gasteiger partial charge in [-0.05, 0) is 49.4 Å². The Hall–Kier alpha value is -1.94. The second kappa shape index (κ2) is 77.6. The van der Waals surface area contributed by atoms with Gasteiger partial charge < -0.3 is 33.8 Å². The van der Waals surface area contributed by atoms with Crippen LogP contribution < -0.4 is 0 Å². The highest BCUT2D eigenvalue weighted by Crippen LogP contribution is 2.45. The first-order valence-corrected chi connectivity index (χ1v) is 48.8. The number of carbonyl (C=O) groups excluding carboxylic acids is 4. The molecule has 19 heteroatoms. The number of phosphoric acid groups is 2. The topological polar surface area (TPSA) is 237 Å². The maximum absolute atomic E-state index is 13.2. The van der Waals surface area contributed by atoms with Crippen molar-refractivity contribution in [2.24, 2.45) is 23.7 Å². The molecule has 3 N–H and O–H groups in total. The van der Waals surface area contributed by atoms with Crippen LogP contribution in [0.3, 0.4) is 0 Å². The van der Waals surface area contributed by atoms with Gasteiger partial charge in [-0.1, -0.05) is 415 Å². The molecule has 642 valence electrons. The number of ether oxygens (including phenoxy) is 4. The Morgan fingerprint density at radius 2 is 0.444 bits per heavy atom. The van der Waals surface area contributed by atoms with E-state index >= 15 is 0 Å². The van der Waals surface area contributed by atoms with Gasteiger partial charge in [-0.25, -0.2) is 9.13 Å². The molecule has 0 amide bonds. The van der Waals surface area contributed by atoms with Crippen LogP contribution in [0.4, 0.5) is 0 Å². The standard InChI is InChI=1S/C89H174O17P2/c1-9-80(6)66-58-50-42-34-28-22-16-14-12-13-15-17-26-32-38-46-55-63-71-88(93)105-84(75-99-86(91)69-61-53-45-37-31-25-20-18-23-29-35-43-51-59-67-81(7)10-2)77-103-107(95,96)101-73-83(90)74-102-108(97,98)104-78-85(76-100-87(92)70-62-54-48-40-41-49-57-65-79(4)5)106-89(94)72-64-56-47-39-33-27-21-19-24-30-36-44-52-60-68-82(8)11-3/h79-85,90H,9-78H2,1-8H3,(H,95,96)(H,97,98)/t80?,81?,82?,83?,84-,85-/m1/s1. The van der Waals surface area contributed by atoms with Crippen LogP contribution >= 0.6 is 15.6 Å². The van der Waals surface area contributed by atoms with Crippen LogP contribution in [0.25, 0.3) is 0 Å². The van der Waals surface area contributed by atoms with Crippen molar-refractivity contribution in [1.29, 1.82) is 0 Å². The molecule has 0 aromatic rings. The Bertz CT molecular complexity index is 2100. The number of hydrogen-bond donors (Lipinski definition) is 3. The van der Waals surface area contributed by atoms with Gasteiger partial charge in [0.15, 0.2) is 12.2 Å². The van der Waals surface area contributed by atoms with Crippen molar-refractivity contribution in [3.05, 3.63) is 0 Å². The number of hydrogen-bond acceptors (Lipinski definition) is 15. The van der Waals surface area contributed by atoms with Crippen molar-refractivity contribution in [1.82, 2.24) is 0 Å². The highest BCUT2D eigenvalue weighted by Gasteiger charge is 2.31. The predicted octanol–water partition coefficient (Wildman–Crippen LogP) is 27.1.